The minimum absolute atomic E-state index is 0.00374. The summed E-state index contributed by atoms with van der Waals surface area (Å²) in [6.07, 6.45) is 1.21. The zero-order valence-corrected chi connectivity index (χ0v) is 13.9. The van der Waals surface area contributed by atoms with E-state index >= 15 is 0 Å². The summed E-state index contributed by atoms with van der Waals surface area (Å²) in [5.74, 6) is -1.30. The van der Waals surface area contributed by atoms with Crippen LogP contribution in [0.5, 0.6) is 0 Å². The molecule has 0 fully saturated rings. The number of ether oxygens (including phenoxy) is 1. The number of esters is 1. The van der Waals surface area contributed by atoms with E-state index in [1.165, 1.54) is 24.6 Å². The third-order valence-corrected chi connectivity index (χ3v) is 6.56. The Labute approximate surface area is 137 Å². The number of anilines is 1. The fraction of sp³-hybridized carbons (Fsp3) is 0.267. The van der Waals surface area contributed by atoms with E-state index in [1.54, 1.807) is 12.1 Å². The highest BCUT2D eigenvalue weighted by atomic mass is 32.2. The van der Waals surface area contributed by atoms with Crippen molar-refractivity contribution >= 4 is 33.0 Å². The summed E-state index contributed by atoms with van der Waals surface area (Å²) in [6.45, 7) is 0.173. The fourth-order valence-corrected chi connectivity index (χ4v) is 5.53. The van der Waals surface area contributed by atoms with Crippen LogP contribution in [0, 0.1) is 5.82 Å². The van der Waals surface area contributed by atoms with Gasteiger partial charge in [-0.25, -0.2) is 17.6 Å². The number of fused-ring (bicyclic) bond motifs is 1. The second-order valence-corrected chi connectivity index (χ2v) is 7.78. The Hall–Kier alpha value is -1.93. The molecule has 0 N–H and O–H groups in total. The van der Waals surface area contributed by atoms with Gasteiger partial charge in [-0.3, -0.25) is 4.31 Å². The van der Waals surface area contributed by atoms with Crippen LogP contribution in [-0.2, 0) is 21.2 Å². The van der Waals surface area contributed by atoms with Gasteiger partial charge in [0.1, 0.15) is 15.6 Å². The molecule has 5 nitrogen and oxygen atoms in total. The molecule has 0 spiro atoms. The Morgan fingerprint density at radius 2 is 2.13 bits per heavy atom. The topological polar surface area (TPSA) is 63.7 Å². The van der Waals surface area contributed by atoms with Crippen molar-refractivity contribution in [1.29, 1.82) is 0 Å². The number of carbonyl (C=O) groups is 1. The van der Waals surface area contributed by atoms with E-state index < -0.39 is 21.8 Å². The van der Waals surface area contributed by atoms with Gasteiger partial charge >= 0.3 is 5.97 Å². The predicted molar refractivity (Wildman–Crippen MR) is 84.9 cm³/mol. The van der Waals surface area contributed by atoms with Crippen LogP contribution in [0.4, 0.5) is 10.1 Å². The van der Waals surface area contributed by atoms with E-state index in [4.69, 9.17) is 0 Å². The van der Waals surface area contributed by atoms with Gasteiger partial charge in [0.2, 0.25) is 0 Å². The third kappa shape index (κ3) is 2.61. The number of sulfonamides is 1. The van der Waals surface area contributed by atoms with Crippen molar-refractivity contribution in [2.75, 3.05) is 18.0 Å². The van der Waals surface area contributed by atoms with Crippen LogP contribution >= 0.6 is 11.3 Å². The molecule has 2 heterocycles. The molecular formula is C15H14FNO4S2. The molecule has 23 heavy (non-hydrogen) atoms. The number of nitrogens with zero attached hydrogens (tertiary/aromatic N) is 1. The molecule has 0 saturated carbocycles. The van der Waals surface area contributed by atoms with Crippen LogP contribution < -0.4 is 4.31 Å². The van der Waals surface area contributed by atoms with E-state index in [1.807, 2.05) is 0 Å². The van der Waals surface area contributed by atoms with E-state index in [0.29, 0.717) is 18.4 Å². The van der Waals surface area contributed by atoms with Gasteiger partial charge in [-0.05, 0) is 35.9 Å². The van der Waals surface area contributed by atoms with Crippen molar-refractivity contribution in [3.63, 3.8) is 0 Å². The molecule has 122 valence electrons. The molecule has 1 aromatic heterocycles. The lowest BCUT2D eigenvalue weighted by molar-refractivity contribution is 0.0602. The van der Waals surface area contributed by atoms with Crippen LogP contribution in [0.2, 0.25) is 0 Å². The molecule has 0 saturated heterocycles. The molecular weight excluding hydrogens is 341 g/mol. The minimum Gasteiger partial charge on any atom is -0.465 e. The molecule has 2 aromatic rings. The monoisotopic (exact) mass is 355 g/mol. The van der Waals surface area contributed by atoms with Crippen LogP contribution in [0.25, 0.3) is 0 Å². The maximum atomic E-state index is 14.2. The number of benzene rings is 1. The molecule has 0 unspecified atom stereocenters. The van der Waals surface area contributed by atoms with Crippen molar-refractivity contribution in [3.8, 4) is 0 Å². The SMILES string of the molecule is COC(=O)c1sccc1S(=O)(=O)N1CCCc2cccc(F)c21. The first kappa shape index (κ1) is 15.9. The molecule has 3 rings (SSSR count). The van der Waals surface area contributed by atoms with Gasteiger partial charge in [0, 0.05) is 6.54 Å². The smallest absolute Gasteiger partial charge is 0.349 e. The second kappa shape index (κ2) is 5.93. The average Bonchev–Trinajstić information content (AvgIpc) is 3.04. The quantitative estimate of drug-likeness (QED) is 0.794. The number of thiophene rings is 1. The zero-order chi connectivity index (χ0) is 16.6. The van der Waals surface area contributed by atoms with Gasteiger partial charge in [-0.15, -0.1) is 11.3 Å². The first-order chi connectivity index (χ1) is 11.0. The maximum absolute atomic E-state index is 14.2. The lowest BCUT2D eigenvalue weighted by atomic mass is 10.0. The highest BCUT2D eigenvalue weighted by Crippen LogP contribution is 2.36. The van der Waals surface area contributed by atoms with Crippen molar-refractivity contribution < 1.29 is 22.3 Å². The number of rotatable bonds is 3. The summed E-state index contributed by atoms with van der Waals surface area (Å²) >= 11 is 0.984. The summed E-state index contributed by atoms with van der Waals surface area (Å²) in [5.41, 5.74) is 0.718. The molecule has 0 amide bonds. The summed E-state index contributed by atoms with van der Waals surface area (Å²) in [4.78, 5) is 11.6. The van der Waals surface area contributed by atoms with Crippen LogP contribution in [-0.4, -0.2) is 28.0 Å². The molecule has 0 radical (unpaired) electrons. The normalized spacial score (nSPS) is 14.4. The van der Waals surface area contributed by atoms with Gasteiger partial charge in [0.05, 0.1) is 12.8 Å². The Bertz CT molecular complexity index is 860. The summed E-state index contributed by atoms with van der Waals surface area (Å²) in [7, 11) is -2.85. The lowest BCUT2D eigenvalue weighted by Gasteiger charge is -2.30. The standard InChI is InChI=1S/C15H14FNO4S2/c1-21-15(18)14-12(7-9-22-14)23(19,20)17-8-3-5-10-4-2-6-11(16)13(10)17/h2,4,6-7,9H,3,5,8H2,1H3. The highest BCUT2D eigenvalue weighted by Gasteiger charge is 2.34. The van der Waals surface area contributed by atoms with E-state index in [-0.39, 0.29) is 22.0 Å². The minimum atomic E-state index is -4.04. The van der Waals surface area contributed by atoms with Crippen LogP contribution in [0.1, 0.15) is 21.7 Å². The van der Waals surface area contributed by atoms with Crippen molar-refractivity contribution in [1.82, 2.24) is 0 Å². The second-order valence-electron chi connectivity index (χ2n) is 5.03. The van der Waals surface area contributed by atoms with Crippen LogP contribution in [0.15, 0.2) is 34.5 Å². The Balaban J connectivity index is 2.13. The van der Waals surface area contributed by atoms with Gasteiger partial charge in [-0.1, -0.05) is 12.1 Å². The van der Waals surface area contributed by atoms with Gasteiger partial charge in [-0.2, -0.15) is 0 Å². The summed E-state index contributed by atoms with van der Waals surface area (Å²) in [6, 6.07) is 5.87. The molecule has 0 bridgehead atoms. The van der Waals surface area contributed by atoms with Crippen molar-refractivity contribution in [2.45, 2.75) is 17.7 Å². The predicted octanol–water partition coefficient (Wildman–Crippen LogP) is 2.82. The number of para-hydroxylation sites is 1. The van der Waals surface area contributed by atoms with Gasteiger partial charge < -0.3 is 4.74 Å². The number of methoxy groups -OCH3 is 1. The van der Waals surface area contributed by atoms with Crippen LogP contribution in [0.3, 0.4) is 0 Å². The molecule has 1 aliphatic rings. The number of hydrogen-bond donors (Lipinski definition) is 0. The van der Waals surface area contributed by atoms with Crippen molar-refractivity contribution in [2.24, 2.45) is 0 Å². The first-order valence-corrected chi connectivity index (χ1v) is 9.24. The molecule has 0 atom stereocenters. The number of aryl methyl sites for hydroxylation is 1. The Morgan fingerprint density at radius 1 is 1.35 bits per heavy atom. The average molecular weight is 355 g/mol. The molecule has 0 aliphatic carbocycles. The molecule has 1 aliphatic heterocycles. The molecule has 8 heteroatoms. The zero-order valence-electron chi connectivity index (χ0n) is 12.3. The molecule has 1 aromatic carbocycles. The largest absolute Gasteiger partial charge is 0.465 e. The lowest BCUT2D eigenvalue weighted by Crippen LogP contribution is -2.36. The van der Waals surface area contributed by atoms with Crippen molar-refractivity contribution in [3.05, 3.63) is 45.9 Å². The summed E-state index contributed by atoms with van der Waals surface area (Å²) < 4.78 is 45.8. The van der Waals surface area contributed by atoms with E-state index in [0.717, 1.165) is 15.6 Å². The fourth-order valence-electron chi connectivity index (χ4n) is 2.67. The first-order valence-electron chi connectivity index (χ1n) is 6.92. The number of hydrogen-bond acceptors (Lipinski definition) is 5. The van der Waals surface area contributed by atoms with Gasteiger partial charge in [0.15, 0.2) is 0 Å². The number of halogens is 1. The highest BCUT2D eigenvalue weighted by molar-refractivity contribution is 7.93. The Kier molecular flexibility index (Phi) is 4.11. The van der Waals surface area contributed by atoms with E-state index in [2.05, 4.69) is 4.74 Å². The Morgan fingerprint density at radius 3 is 2.87 bits per heavy atom. The summed E-state index contributed by atoms with van der Waals surface area (Å²) in [5, 5.41) is 1.51. The number of carbonyl (C=O) groups excluding carboxylic acids is 1. The van der Waals surface area contributed by atoms with Gasteiger partial charge in [0.25, 0.3) is 10.0 Å². The van der Waals surface area contributed by atoms with E-state index in [9.17, 15) is 17.6 Å². The maximum Gasteiger partial charge on any atom is 0.349 e. The third-order valence-electron chi connectivity index (χ3n) is 3.70.